The number of rotatable bonds is 10. The van der Waals surface area contributed by atoms with Gasteiger partial charge in [-0.1, -0.05) is 0 Å². The molecule has 0 radical (unpaired) electrons. The maximum Gasteiger partial charge on any atom is 0.187 e. The summed E-state index contributed by atoms with van der Waals surface area (Å²) in [5, 5.41) is 52.5. The van der Waals surface area contributed by atoms with Crippen LogP contribution in [-0.4, -0.2) is 155 Å². The molecule has 4 aliphatic rings. The molecule has 18 atom stereocenters. The van der Waals surface area contributed by atoms with Crippen LogP contribution < -0.4 is 34.4 Å². The maximum atomic E-state index is 13.2. The summed E-state index contributed by atoms with van der Waals surface area (Å²) in [6.07, 6.45) is -15.0. The second-order valence-corrected chi connectivity index (χ2v) is 11.5. The predicted molar refractivity (Wildman–Crippen MR) is 140 cm³/mol. The molecule has 17 N–H and O–H groups in total. The van der Waals surface area contributed by atoms with Crippen LogP contribution in [0.1, 0.15) is 19.3 Å². The molecule has 17 nitrogen and oxygen atoms in total. The third kappa shape index (κ3) is 7.05. The standard InChI is InChI=1S/C24H47FN6O11/c25-4-10(30)11-2-1-7(27)22(37-11)40-19-9(29)3-8(28)15(33)21(19)42-24-18(36)20(13(6-32)39-24)41-23-14(31)17(35)16(34)12(5-26)38-23/h7-24,32-36H,1-6,26-31H2/t7-,8-,9+,10-,11?,12+,13-,14-,15+,16-,17-,18-,19-,20-,21-,22-,23-,24+/m1/s1. The Kier molecular flexibility index (Phi) is 11.8. The van der Waals surface area contributed by atoms with Crippen LogP contribution in [0.3, 0.4) is 0 Å². The van der Waals surface area contributed by atoms with E-state index in [4.69, 9.17) is 62.8 Å². The van der Waals surface area contributed by atoms with Crippen molar-refractivity contribution in [2.75, 3.05) is 19.8 Å². The van der Waals surface area contributed by atoms with Crippen molar-refractivity contribution < 1.29 is 58.3 Å². The van der Waals surface area contributed by atoms with Crippen LogP contribution >= 0.6 is 0 Å². The molecule has 42 heavy (non-hydrogen) atoms. The number of ether oxygens (including phenoxy) is 6. The Morgan fingerprint density at radius 2 is 1.36 bits per heavy atom. The van der Waals surface area contributed by atoms with E-state index in [2.05, 4.69) is 0 Å². The Labute approximate surface area is 242 Å². The first kappa shape index (κ1) is 34.1. The van der Waals surface area contributed by atoms with E-state index in [1.54, 1.807) is 0 Å². The van der Waals surface area contributed by atoms with E-state index in [-0.39, 0.29) is 13.0 Å². The van der Waals surface area contributed by atoms with Crippen molar-refractivity contribution in [2.24, 2.45) is 34.4 Å². The molecule has 3 heterocycles. The summed E-state index contributed by atoms with van der Waals surface area (Å²) in [5.74, 6) is 0. The van der Waals surface area contributed by atoms with E-state index < -0.39 is 123 Å². The lowest BCUT2D eigenvalue weighted by atomic mass is 9.84. The Bertz CT molecular complexity index is 859. The minimum atomic E-state index is -1.57. The monoisotopic (exact) mass is 614 g/mol. The fraction of sp³-hybridized carbons (Fsp3) is 1.00. The zero-order valence-corrected chi connectivity index (χ0v) is 23.2. The number of hydrogen-bond acceptors (Lipinski definition) is 17. The fourth-order valence-electron chi connectivity index (χ4n) is 5.85. The van der Waals surface area contributed by atoms with Crippen LogP contribution in [0.25, 0.3) is 0 Å². The van der Waals surface area contributed by atoms with Crippen LogP contribution in [-0.2, 0) is 28.4 Å². The van der Waals surface area contributed by atoms with Gasteiger partial charge >= 0.3 is 0 Å². The zero-order chi connectivity index (χ0) is 30.9. The molecule has 1 aliphatic carbocycles. The van der Waals surface area contributed by atoms with Crippen LogP contribution in [0.4, 0.5) is 4.39 Å². The van der Waals surface area contributed by atoms with Crippen LogP contribution in [0.15, 0.2) is 0 Å². The minimum Gasteiger partial charge on any atom is -0.394 e. The van der Waals surface area contributed by atoms with Crippen LogP contribution in [0.5, 0.6) is 0 Å². The number of aliphatic hydroxyl groups is 5. The summed E-state index contributed by atoms with van der Waals surface area (Å²) >= 11 is 0. The van der Waals surface area contributed by atoms with E-state index in [9.17, 15) is 29.9 Å². The van der Waals surface area contributed by atoms with Crippen molar-refractivity contribution in [3.63, 3.8) is 0 Å². The molecular weight excluding hydrogens is 567 g/mol. The van der Waals surface area contributed by atoms with Crippen molar-refractivity contribution in [1.82, 2.24) is 0 Å². The van der Waals surface area contributed by atoms with Crippen molar-refractivity contribution in [3.8, 4) is 0 Å². The maximum absolute atomic E-state index is 13.2. The molecule has 0 aromatic carbocycles. The van der Waals surface area contributed by atoms with Gasteiger partial charge in [0.1, 0.15) is 55.5 Å². The van der Waals surface area contributed by atoms with Crippen molar-refractivity contribution in [3.05, 3.63) is 0 Å². The number of aliphatic hydroxyl groups excluding tert-OH is 5. The molecule has 1 unspecified atom stereocenters. The number of halogens is 1. The Morgan fingerprint density at radius 3 is 2.00 bits per heavy atom. The van der Waals surface area contributed by atoms with Gasteiger partial charge in [0.15, 0.2) is 18.9 Å². The van der Waals surface area contributed by atoms with E-state index in [0.29, 0.717) is 12.8 Å². The van der Waals surface area contributed by atoms with E-state index in [0.717, 1.165) is 0 Å². The minimum absolute atomic E-state index is 0.146. The lowest BCUT2D eigenvalue weighted by Gasteiger charge is -2.46. The molecule has 0 aromatic heterocycles. The largest absolute Gasteiger partial charge is 0.394 e. The molecule has 3 aliphatic heterocycles. The lowest BCUT2D eigenvalue weighted by Crippen LogP contribution is -2.65. The van der Waals surface area contributed by atoms with Crippen LogP contribution in [0, 0.1) is 0 Å². The summed E-state index contributed by atoms with van der Waals surface area (Å²) in [7, 11) is 0. The van der Waals surface area contributed by atoms with Gasteiger partial charge in [0, 0.05) is 18.6 Å². The zero-order valence-electron chi connectivity index (χ0n) is 23.2. The van der Waals surface area contributed by atoms with Crippen molar-refractivity contribution in [2.45, 2.75) is 129 Å². The SMILES string of the molecule is NC[C@@H]1O[C@H](O[C@H]2[C@@H](O)[C@H](O[C@@H]3[C@@H](O)[C@H](N)C[C@H](N)[C@H]3O[C@H]3OC([C@H](N)CF)CC[C@H]3N)O[C@@H]2CO)[C@H](N)[C@@H](O)[C@@H]1O. The summed E-state index contributed by atoms with van der Waals surface area (Å²) in [6, 6.07) is -4.31. The highest BCUT2D eigenvalue weighted by Crippen LogP contribution is 2.34. The van der Waals surface area contributed by atoms with E-state index in [1.165, 1.54) is 0 Å². The highest BCUT2D eigenvalue weighted by Gasteiger charge is 2.53. The van der Waals surface area contributed by atoms with Gasteiger partial charge in [0.05, 0.1) is 36.9 Å². The molecule has 0 amide bonds. The molecule has 1 saturated carbocycles. The smallest absolute Gasteiger partial charge is 0.187 e. The highest BCUT2D eigenvalue weighted by atomic mass is 19.1. The Morgan fingerprint density at radius 1 is 0.714 bits per heavy atom. The van der Waals surface area contributed by atoms with Gasteiger partial charge in [-0.3, -0.25) is 0 Å². The second kappa shape index (κ2) is 14.6. The Hall–Kier alpha value is -0.750. The van der Waals surface area contributed by atoms with Gasteiger partial charge in [-0.15, -0.1) is 0 Å². The normalized spacial score (nSPS) is 51.0. The topological polar surface area (TPSA) is 313 Å². The molecule has 4 fully saturated rings. The quantitative estimate of drug-likeness (QED) is 0.109. The first-order chi connectivity index (χ1) is 19.9. The highest BCUT2D eigenvalue weighted by molar-refractivity contribution is 5.01. The molecule has 246 valence electrons. The third-order valence-corrected chi connectivity index (χ3v) is 8.49. The fourth-order valence-corrected chi connectivity index (χ4v) is 5.85. The molecule has 3 saturated heterocycles. The second-order valence-electron chi connectivity index (χ2n) is 11.5. The molecule has 4 rings (SSSR count). The average molecular weight is 615 g/mol. The van der Waals surface area contributed by atoms with Gasteiger partial charge in [-0.2, -0.15) is 0 Å². The number of hydrogen-bond donors (Lipinski definition) is 11. The number of nitrogens with two attached hydrogens (primary N) is 6. The summed E-state index contributed by atoms with van der Waals surface area (Å²) in [5.41, 5.74) is 36.1. The summed E-state index contributed by atoms with van der Waals surface area (Å²) in [6.45, 7) is -1.58. The lowest BCUT2D eigenvalue weighted by molar-refractivity contribution is -0.290. The summed E-state index contributed by atoms with van der Waals surface area (Å²) in [4.78, 5) is 0. The molecule has 0 bridgehead atoms. The third-order valence-electron chi connectivity index (χ3n) is 8.49. The van der Waals surface area contributed by atoms with Crippen molar-refractivity contribution in [1.29, 1.82) is 0 Å². The first-order valence-corrected chi connectivity index (χ1v) is 14.2. The number of alkyl halides is 1. The van der Waals surface area contributed by atoms with Gasteiger partial charge in [0.2, 0.25) is 0 Å². The average Bonchev–Trinajstić information content (AvgIpc) is 3.27. The molecule has 0 aromatic rings. The van der Waals surface area contributed by atoms with Crippen LogP contribution in [0.2, 0.25) is 0 Å². The first-order valence-electron chi connectivity index (χ1n) is 14.2. The van der Waals surface area contributed by atoms with Gasteiger partial charge in [-0.05, 0) is 19.3 Å². The van der Waals surface area contributed by atoms with Gasteiger partial charge in [-0.25, -0.2) is 4.39 Å². The van der Waals surface area contributed by atoms with Gasteiger partial charge < -0.3 is 88.4 Å². The Balaban J connectivity index is 1.48. The van der Waals surface area contributed by atoms with E-state index in [1.807, 2.05) is 0 Å². The predicted octanol–water partition coefficient (Wildman–Crippen LogP) is -6.50. The summed E-state index contributed by atoms with van der Waals surface area (Å²) < 4.78 is 48.3. The van der Waals surface area contributed by atoms with Crippen molar-refractivity contribution >= 4 is 0 Å². The van der Waals surface area contributed by atoms with Gasteiger partial charge in [0.25, 0.3) is 0 Å². The van der Waals surface area contributed by atoms with E-state index >= 15 is 0 Å². The molecule has 18 heteroatoms. The molecular formula is C24H47FN6O11. The molecule has 0 spiro atoms.